The van der Waals surface area contributed by atoms with E-state index in [2.05, 4.69) is 43.4 Å². The van der Waals surface area contributed by atoms with E-state index >= 15 is 0 Å². The molecule has 24 heavy (non-hydrogen) atoms. The molecule has 1 fully saturated rings. The van der Waals surface area contributed by atoms with Crippen LogP contribution in [0, 0.1) is 12.8 Å². The van der Waals surface area contributed by atoms with Crippen molar-refractivity contribution in [2.24, 2.45) is 5.92 Å². The predicted octanol–water partition coefficient (Wildman–Crippen LogP) is 4.86. The normalized spacial score (nSPS) is 18.8. The maximum absolute atomic E-state index is 12.4. The Morgan fingerprint density at radius 2 is 1.83 bits per heavy atom. The fraction of sp³-hybridized carbons (Fsp3) is 0.350. The molecule has 2 aromatic carbocycles. The highest BCUT2D eigenvalue weighted by Gasteiger charge is 2.43. The maximum atomic E-state index is 12.4. The van der Waals surface area contributed by atoms with Gasteiger partial charge in [-0.3, -0.25) is 4.79 Å². The summed E-state index contributed by atoms with van der Waals surface area (Å²) in [6, 6.07) is 14.3. The molecule has 2 unspecified atom stereocenters. The van der Waals surface area contributed by atoms with Gasteiger partial charge in [-0.2, -0.15) is 0 Å². The molecule has 3 N–H and O–H groups in total. The van der Waals surface area contributed by atoms with Gasteiger partial charge >= 0.3 is 0 Å². The van der Waals surface area contributed by atoms with Crippen molar-refractivity contribution in [3.05, 3.63) is 59.2 Å². The van der Waals surface area contributed by atoms with Gasteiger partial charge in [-0.25, -0.2) is 0 Å². The van der Waals surface area contributed by atoms with E-state index in [1.807, 2.05) is 25.1 Å². The maximum Gasteiger partial charge on any atom is 0.228 e. The van der Waals surface area contributed by atoms with Gasteiger partial charge in [0.1, 0.15) is 0 Å². The van der Waals surface area contributed by atoms with Crippen molar-refractivity contribution in [2.45, 2.75) is 39.0 Å². The van der Waals surface area contributed by atoms with E-state index in [0.29, 0.717) is 17.5 Å². The second kappa shape index (κ2) is 7.27. The summed E-state index contributed by atoms with van der Waals surface area (Å²) in [5.41, 5.74) is 10.9. The van der Waals surface area contributed by atoms with Crippen LogP contribution in [0.5, 0.6) is 0 Å². The van der Waals surface area contributed by atoms with Crippen LogP contribution < -0.4 is 11.1 Å². The number of carbonyl (C=O) groups excluding carboxylic acids is 1. The molecule has 0 radical (unpaired) electrons. The molecule has 1 aliphatic carbocycles. The van der Waals surface area contributed by atoms with Crippen LogP contribution in [-0.4, -0.2) is 5.91 Å². The van der Waals surface area contributed by atoms with E-state index in [-0.39, 0.29) is 24.2 Å². The number of carbonyl (C=O) groups is 1. The Morgan fingerprint density at radius 1 is 1.17 bits per heavy atom. The Morgan fingerprint density at radius 3 is 2.46 bits per heavy atom. The first-order chi connectivity index (χ1) is 11.0. The van der Waals surface area contributed by atoms with Gasteiger partial charge in [0.05, 0.1) is 0 Å². The summed E-state index contributed by atoms with van der Waals surface area (Å²) in [7, 11) is 0. The number of aryl methyl sites for hydroxylation is 1. The highest BCUT2D eigenvalue weighted by atomic mass is 35.5. The first kappa shape index (κ1) is 18.3. The molecule has 0 bridgehead atoms. The van der Waals surface area contributed by atoms with Crippen molar-refractivity contribution in [1.29, 1.82) is 0 Å². The number of nitrogen functional groups attached to an aromatic ring is 1. The number of benzene rings is 2. The van der Waals surface area contributed by atoms with Gasteiger partial charge in [0.25, 0.3) is 0 Å². The largest absolute Gasteiger partial charge is 0.399 e. The summed E-state index contributed by atoms with van der Waals surface area (Å²) < 4.78 is 0. The number of anilines is 2. The van der Waals surface area contributed by atoms with Crippen molar-refractivity contribution in [2.75, 3.05) is 11.1 Å². The van der Waals surface area contributed by atoms with Crippen molar-refractivity contribution in [3.8, 4) is 0 Å². The average molecular weight is 345 g/mol. The summed E-state index contributed by atoms with van der Waals surface area (Å²) in [5.74, 6) is 1.05. The van der Waals surface area contributed by atoms with Crippen molar-refractivity contribution in [3.63, 3.8) is 0 Å². The molecule has 4 heteroatoms. The van der Waals surface area contributed by atoms with E-state index in [1.54, 1.807) is 0 Å². The molecule has 128 valence electrons. The molecule has 1 amide bonds. The monoisotopic (exact) mass is 344 g/mol. The average Bonchev–Trinajstić information content (AvgIpc) is 3.31. The lowest BCUT2D eigenvalue weighted by Gasteiger charge is -2.10. The van der Waals surface area contributed by atoms with E-state index < -0.39 is 0 Å². The van der Waals surface area contributed by atoms with Crippen LogP contribution >= 0.6 is 12.4 Å². The molecule has 0 aromatic heterocycles. The molecule has 0 heterocycles. The topological polar surface area (TPSA) is 55.1 Å². The number of nitrogens with two attached hydrogens (primary N) is 1. The van der Waals surface area contributed by atoms with Gasteiger partial charge in [0.2, 0.25) is 5.91 Å². The standard InChI is InChI=1S/C20H24N2O.ClH/c1-12(2)14-5-7-15(8-6-14)17-11-18(17)20(23)22-19-10-16(21)9-4-13(19)3;/h4-10,12,17-18H,11,21H2,1-3H3,(H,22,23);1H. The van der Waals surface area contributed by atoms with E-state index in [4.69, 9.17) is 5.73 Å². The quantitative estimate of drug-likeness (QED) is 0.778. The van der Waals surface area contributed by atoms with Crippen molar-refractivity contribution in [1.82, 2.24) is 0 Å². The van der Waals surface area contributed by atoms with Crippen LogP contribution in [0.4, 0.5) is 11.4 Å². The molecule has 2 atom stereocenters. The first-order valence-electron chi connectivity index (χ1n) is 8.22. The van der Waals surface area contributed by atoms with Gasteiger partial charge in [0.15, 0.2) is 0 Å². The van der Waals surface area contributed by atoms with Crippen molar-refractivity contribution < 1.29 is 4.79 Å². The zero-order valence-corrected chi connectivity index (χ0v) is 15.2. The third kappa shape index (κ3) is 3.90. The summed E-state index contributed by atoms with van der Waals surface area (Å²) >= 11 is 0. The van der Waals surface area contributed by atoms with Crippen LogP contribution in [0.2, 0.25) is 0 Å². The second-order valence-corrected chi connectivity index (χ2v) is 6.83. The minimum Gasteiger partial charge on any atom is -0.399 e. The third-order valence-corrected chi connectivity index (χ3v) is 4.68. The minimum absolute atomic E-state index is 0. The molecule has 3 rings (SSSR count). The van der Waals surface area contributed by atoms with Gasteiger partial charge < -0.3 is 11.1 Å². The van der Waals surface area contributed by atoms with Gasteiger partial charge in [-0.15, -0.1) is 12.4 Å². The molecule has 0 spiro atoms. The molecule has 1 aliphatic rings. The fourth-order valence-electron chi connectivity index (χ4n) is 2.98. The molecule has 0 saturated heterocycles. The zero-order chi connectivity index (χ0) is 16.6. The fourth-order valence-corrected chi connectivity index (χ4v) is 2.98. The second-order valence-electron chi connectivity index (χ2n) is 6.83. The zero-order valence-electron chi connectivity index (χ0n) is 14.4. The Bertz CT molecular complexity index is 725. The molecule has 1 saturated carbocycles. The summed E-state index contributed by atoms with van der Waals surface area (Å²) in [6.45, 7) is 6.36. The number of hydrogen-bond donors (Lipinski definition) is 2. The number of hydrogen-bond acceptors (Lipinski definition) is 2. The summed E-state index contributed by atoms with van der Waals surface area (Å²) in [6.07, 6.45) is 0.925. The van der Waals surface area contributed by atoms with Crippen molar-refractivity contribution >= 4 is 29.7 Å². The van der Waals surface area contributed by atoms with Crippen LogP contribution in [0.3, 0.4) is 0 Å². The van der Waals surface area contributed by atoms with Crippen LogP contribution in [0.1, 0.15) is 48.8 Å². The van der Waals surface area contributed by atoms with E-state index in [0.717, 1.165) is 17.7 Å². The lowest BCUT2D eigenvalue weighted by atomic mass is 10.00. The molecular formula is C20H25ClN2O. The minimum atomic E-state index is 0. The van der Waals surface area contributed by atoms with E-state index in [1.165, 1.54) is 11.1 Å². The molecular weight excluding hydrogens is 320 g/mol. The molecule has 0 aliphatic heterocycles. The number of halogens is 1. The molecule has 3 nitrogen and oxygen atoms in total. The predicted molar refractivity (Wildman–Crippen MR) is 103 cm³/mol. The van der Waals surface area contributed by atoms with E-state index in [9.17, 15) is 4.79 Å². The smallest absolute Gasteiger partial charge is 0.228 e. The Hall–Kier alpha value is -2.00. The highest BCUT2D eigenvalue weighted by molar-refractivity contribution is 5.96. The van der Waals surface area contributed by atoms with Gasteiger partial charge in [-0.05, 0) is 54.0 Å². The van der Waals surface area contributed by atoms with Crippen LogP contribution in [0.25, 0.3) is 0 Å². The summed E-state index contributed by atoms with van der Waals surface area (Å²) in [5, 5.41) is 3.02. The molecule has 2 aromatic rings. The Labute approximate surface area is 150 Å². The Balaban J connectivity index is 0.00000208. The van der Waals surface area contributed by atoms with Crippen LogP contribution in [-0.2, 0) is 4.79 Å². The SMILES string of the molecule is Cc1ccc(N)cc1NC(=O)C1CC1c1ccc(C(C)C)cc1.Cl. The Kier molecular flexibility index (Phi) is 5.55. The van der Waals surface area contributed by atoms with Crippen LogP contribution in [0.15, 0.2) is 42.5 Å². The van der Waals surface area contributed by atoms with Gasteiger partial charge in [0, 0.05) is 17.3 Å². The third-order valence-electron chi connectivity index (χ3n) is 4.68. The number of nitrogens with one attached hydrogen (secondary N) is 1. The lowest BCUT2D eigenvalue weighted by Crippen LogP contribution is -2.15. The summed E-state index contributed by atoms with van der Waals surface area (Å²) in [4.78, 5) is 12.4. The first-order valence-corrected chi connectivity index (χ1v) is 8.22. The lowest BCUT2D eigenvalue weighted by molar-refractivity contribution is -0.117. The highest BCUT2D eigenvalue weighted by Crippen LogP contribution is 2.48. The number of amides is 1. The number of rotatable bonds is 4. The van der Waals surface area contributed by atoms with Gasteiger partial charge in [-0.1, -0.05) is 44.2 Å².